The highest BCUT2D eigenvalue weighted by atomic mass is 32.1. The molecule has 5 heteroatoms. The van der Waals surface area contributed by atoms with Gasteiger partial charge in [0.2, 0.25) is 0 Å². The lowest BCUT2D eigenvalue weighted by Gasteiger charge is -2.19. The van der Waals surface area contributed by atoms with Crippen molar-refractivity contribution in [3.05, 3.63) is 16.6 Å². The fourth-order valence-electron chi connectivity index (χ4n) is 0.838. The Balaban J connectivity index is 3.04. The summed E-state index contributed by atoms with van der Waals surface area (Å²) >= 11 is 1.27. The molecule has 0 aliphatic heterocycles. The lowest BCUT2D eigenvalue weighted by atomic mass is 9.99. The van der Waals surface area contributed by atoms with E-state index in [-0.39, 0.29) is 0 Å². The predicted molar refractivity (Wildman–Crippen MR) is 45.9 cm³/mol. The van der Waals surface area contributed by atoms with Gasteiger partial charge < -0.3 is 10.8 Å². The third-order valence-electron chi connectivity index (χ3n) is 1.75. The molecule has 0 saturated carbocycles. The number of carbonyl (C=O) groups is 1. The van der Waals surface area contributed by atoms with Gasteiger partial charge in [0.25, 0.3) is 0 Å². The minimum Gasteiger partial charge on any atom is -0.480 e. The van der Waals surface area contributed by atoms with Crippen LogP contribution in [-0.2, 0) is 10.3 Å². The molecule has 12 heavy (non-hydrogen) atoms. The topological polar surface area (TPSA) is 76.2 Å². The zero-order chi connectivity index (χ0) is 9.19. The van der Waals surface area contributed by atoms with Crippen LogP contribution in [0.5, 0.6) is 0 Å². The van der Waals surface area contributed by atoms with E-state index in [9.17, 15) is 4.79 Å². The van der Waals surface area contributed by atoms with E-state index in [0.29, 0.717) is 11.4 Å². The molecule has 0 radical (unpaired) electrons. The van der Waals surface area contributed by atoms with E-state index in [1.165, 1.54) is 11.3 Å². The van der Waals surface area contributed by atoms with Crippen molar-refractivity contribution in [3.8, 4) is 0 Å². The van der Waals surface area contributed by atoms with Crippen molar-refractivity contribution in [1.82, 2.24) is 4.98 Å². The average molecular weight is 186 g/mol. The number of carboxylic acid groups (broad SMARTS) is 1. The molecule has 4 nitrogen and oxygen atoms in total. The lowest BCUT2D eigenvalue weighted by molar-refractivity contribution is -0.143. The first-order valence-corrected chi connectivity index (χ1v) is 4.41. The highest BCUT2D eigenvalue weighted by Crippen LogP contribution is 2.23. The Morgan fingerprint density at radius 1 is 1.92 bits per heavy atom. The lowest BCUT2D eigenvalue weighted by Crippen LogP contribution is -2.44. The SMILES string of the molecule is CCC(N)(C(=O)O)c1nccs1. The van der Waals surface area contributed by atoms with Crippen molar-refractivity contribution in [1.29, 1.82) is 0 Å². The minimum absolute atomic E-state index is 0.343. The summed E-state index contributed by atoms with van der Waals surface area (Å²) in [5, 5.41) is 11.0. The molecule has 0 saturated heterocycles. The first-order valence-electron chi connectivity index (χ1n) is 3.53. The summed E-state index contributed by atoms with van der Waals surface area (Å²) in [6, 6.07) is 0. The maximum absolute atomic E-state index is 10.8. The average Bonchev–Trinajstić information content (AvgIpc) is 2.54. The summed E-state index contributed by atoms with van der Waals surface area (Å²) in [6.07, 6.45) is 1.90. The number of aliphatic carboxylic acids is 1. The van der Waals surface area contributed by atoms with Crippen LogP contribution in [0.3, 0.4) is 0 Å². The molecule has 1 heterocycles. The van der Waals surface area contributed by atoms with Gasteiger partial charge >= 0.3 is 5.97 Å². The Labute approximate surface area is 74.0 Å². The quantitative estimate of drug-likeness (QED) is 0.731. The van der Waals surface area contributed by atoms with Gasteiger partial charge in [-0.3, -0.25) is 0 Å². The van der Waals surface area contributed by atoms with E-state index in [1.807, 2.05) is 0 Å². The zero-order valence-electron chi connectivity index (χ0n) is 6.65. The third kappa shape index (κ3) is 1.33. The molecule has 3 N–H and O–H groups in total. The van der Waals surface area contributed by atoms with Gasteiger partial charge in [-0.1, -0.05) is 6.92 Å². The van der Waals surface area contributed by atoms with Crippen LogP contribution in [0.25, 0.3) is 0 Å². The maximum Gasteiger partial charge on any atom is 0.330 e. The van der Waals surface area contributed by atoms with Crippen LogP contribution in [0.2, 0.25) is 0 Å². The molecule has 66 valence electrons. The van der Waals surface area contributed by atoms with Crippen molar-refractivity contribution in [2.45, 2.75) is 18.9 Å². The number of carboxylic acids is 1. The molecule has 0 bridgehead atoms. The Bertz CT molecular complexity index is 273. The normalized spacial score (nSPS) is 15.5. The van der Waals surface area contributed by atoms with Crippen molar-refractivity contribution in [3.63, 3.8) is 0 Å². The second-order valence-corrected chi connectivity index (χ2v) is 3.36. The highest BCUT2D eigenvalue weighted by Gasteiger charge is 2.36. The van der Waals surface area contributed by atoms with Gasteiger partial charge in [-0.2, -0.15) is 0 Å². The first kappa shape index (κ1) is 9.15. The van der Waals surface area contributed by atoms with E-state index >= 15 is 0 Å². The predicted octanol–water partition coefficient (Wildman–Crippen LogP) is 0.792. The van der Waals surface area contributed by atoms with Crippen molar-refractivity contribution in [2.24, 2.45) is 5.73 Å². The molecule has 0 aliphatic carbocycles. The molecule has 0 fully saturated rings. The van der Waals surface area contributed by atoms with Gasteiger partial charge in [0.05, 0.1) is 0 Å². The number of aromatic nitrogens is 1. The summed E-state index contributed by atoms with van der Waals surface area (Å²) < 4.78 is 0. The van der Waals surface area contributed by atoms with Crippen LogP contribution in [0.4, 0.5) is 0 Å². The smallest absolute Gasteiger partial charge is 0.330 e. The van der Waals surface area contributed by atoms with Gasteiger partial charge in [-0.15, -0.1) is 11.3 Å². The number of nitrogens with two attached hydrogens (primary N) is 1. The summed E-state index contributed by atoms with van der Waals surface area (Å²) in [6.45, 7) is 1.73. The molecule has 1 atom stereocenters. The standard InChI is InChI=1S/C7H10N2O2S/c1-2-7(8,6(10)11)5-9-3-4-12-5/h3-4H,2,8H2,1H3,(H,10,11). The van der Waals surface area contributed by atoms with Crippen molar-refractivity contribution >= 4 is 17.3 Å². The molecular formula is C7H10N2O2S. The Morgan fingerprint density at radius 3 is 2.92 bits per heavy atom. The fraction of sp³-hybridized carbons (Fsp3) is 0.429. The van der Waals surface area contributed by atoms with Gasteiger partial charge in [0.15, 0.2) is 5.54 Å². The Morgan fingerprint density at radius 2 is 2.58 bits per heavy atom. The van der Waals surface area contributed by atoms with E-state index < -0.39 is 11.5 Å². The van der Waals surface area contributed by atoms with Crippen LogP contribution in [0, 0.1) is 0 Å². The molecule has 0 spiro atoms. The molecule has 1 rings (SSSR count). The number of thiazole rings is 1. The van der Waals surface area contributed by atoms with Crippen LogP contribution >= 0.6 is 11.3 Å². The maximum atomic E-state index is 10.8. The zero-order valence-corrected chi connectivity index (χ0v) is 7.47. The number of hydrogen-bond acceptors (Lipinski definition) is 4. The van der Waals surface area contributed by atoms with E-state index in [4.69, 9.17) is 10.8 Å². The second kappa shape index (κ2) is 3.20. The summed E-state index contributed by atoms with van der Waals surface area (Å²) in [7, 11) is 0. The van der Waals surface area contributed by atoms with Crippen molar-refractivity contribution < 1.29 is 9.90 Å². The number of hydrogen-bond donors (Lipinski definition) is 2. The molecule has 0 amide bonds. The van der Waals surface area contributed by atoms with Gasteiger partial charge in [0, 0.05) is 11.6 Å². The molecule has 1 aromatic heterocycles. The second-order valence-electron chi connectivity index (χ2n) is 2.47. The number of rotatable bonds is 3. The largest absolute Gasteiger partial charge is 0.480 e. The minimum atomic E-state index is -1.31. The summed E-state index contributed by atoms with van der Waals surface area (Å²) in [5.41, 5.74) is 4.34. The Kier molecular flexibility index (Phi) is 2.44. The molecule has 0 aliphatic rings. The van der Waals surface area contributed by atoms with Crippen LogP contribution in [-0.4, -0.2) is 16.1 Å². The van der Waals surface area contributed by atoms with E-state index in [0.717, 1.165) is 0 Å². The summed E-state index contributed by atoms with van der Waals surface area (Å²) in [5.74, 6) is -1.03. The van der Waals surface area contributed by atoms with E-state index in [2.05, 4.69) is 4.98 Å². The van der Waals surface area contributed by atoms with E-state index in [1.54, 1.807) is 18.5 Å². The Hall–Kier alpha value is -0.940. The van der Waals surface area contributed by atoms with Gasteiger partial charge in [-0.25, -0.2) is 9.78 Å². The van der Waals surface area contributed by atoms with Crippen molar-refractivity contribution in [2.75, 3.05) is 0 Å². The van der Waals surface area contributed by atoms with Crippen LogP contribution in [0.1, 0.15) is 18.4 Å². The highest BCUT2D eigenvalue weighted by molar-refractivity contribution is 7.09. The van der Waals surface area contributed by atoms with Crippen LogP contribution < -0.4 is 5.73 Å². The number of nitrogens with zero attached hydrogens (tertiary/aromatic N) is 1. The first-order chi connectivity index (χ1) is 5.61. The molecule has 1 aromatic rings. The molecule has 0 aromatic carbocycles. The van der Waals surface area contributed by atoms with Crippen LogP contribution in [0.15, 0.2) is 11.6 Å². The monoisotopic (exact) mass is 186 g/mol. The summed E-state index contributed by atoms with van der Waals surface area (Å²) in [4.78, 5) is 14.7. The third-order valence-corrected chi connectivity index (χ3v) is 2.70. The van der Waals surface area contributed by atoms with Gasteiger partial charge in [0.1, 0.15) is 5.01 Å². The molecular weight excluding hydrogens is 176 g/mol. The van der Waals surface area contributed by atoms with Gasteiger partial charge in [-0.05, 0) is 6.42 Å². The fourth-order valence-corrected chi connectivity index (χ4v) is 1.65. The molecule has 1 unspecified atom stereocenters.